The highest BCUT2D eigenvalue weighted by molar-refractivity contribution is 14.0. The fraction of sp³-hybridized carbons (Fsp3) is 0.333. The first-order chi connectivity index (χ1) is 12.5. The van der Waals surface area contributed by atoms with Crippen molar-refractivity contribution < 1.29 is 4.79 Å². The highest BCUT2D eigenvalue weighted by Gasteiger charge is 2.09. The SMILES string of the molecule is CCNC(=O)c1ccc(CNC(=NC)NCc2cc(Cl)c(Cl)n2C)cc1.I. The van der Waals surface area contributed by atoms with Gasteiger partial charge in [0.15, 0.2) is 5.96 Å². The van der Waals surface area contributed by atoms with Crippen molar-refractivity contribution in [3.05, 3.63) is 57.3 Å². The fourth-order valence-corrected chi connectivity index (χ4v) is 2.79. The van der Waals surface area contributed by atoms with Crippen LogP contribution in [0.3, 0.4) is 0 Å². The third kappa shape index (κ3) is 6.58. The number of hydrogen-bond acceptors (Lipinski definition) is 2. The standard InChI is InChI=1S/C18H23Cl2N5O.HI/c1-4-22-17(26)13-7-5-12(6-8-13)10-23-18(21-2)24-11-14-9-15(19)16(20)25(14)3;/h5-9H,4,10-11H2,1-3H3,(H,22,26)(H2,21,23,24);1H. The van der Waals surface area contributed by atoms with Gasteiger partial charge in [-0.2, -0.15) is 0 Å². The Kier molecular flexibility index (Phi) is 9.97. The van der Waals surface area contributed by atoms with Gasteiger partial charge in [-0.1, -0.05) is 35.3 Å². The maximum Gasteiger partial charge on any atom is 0.251 e. The second-order valence-electron chi connectivity index (χ2n) is 5.67. The van der Waals surface area contributed by atoms with Gasteiger partial charge < -0.3 is 20.5 Å². The number of hydrogen-bond donors (Lipinski definition) is 3. The zero-order valence-corrected chi connectivity index (χ0v) is 19.3. The number of nitrogens with one attached hydrogen (secondary N) is 3. The Labute approximate surface area is 186 Å². The van der Waals surface area contributed by atoms with Crippen molar-refractivity contribution in [1.29, 1.82) is 0 Å². The molecule has 1 heterocycles. The first-order valence-electron chi connectivity index (χ1n) is 8.27. The van der Waals surface area contributed by atoms with Gasteiger partial charge in [-0.25, -0.2) is 0 Å². The number of guanidine groups is 1. The van der Waals surface area contributed by atoms with E-state index in [9.17, 15) is 4.79 Å². The Morgan fingerprint density at radius 1 is 1.11 bits per heavy atom. The minimum Gasteiger partial charge on any atom is -0.352 e. The molecule has 0 aliphatic carbocycles. The summed E-state index contributed by atoms with van der Waals surface area (Å²) in [5.74, 6) is 0.593. The van der Waals surface area contributed by atoms with Crippen LogP contribution in [0.2, 0.25) is 10.2 Å². The molecule has 0 aliphatic heterocycles. The van der Waals surface area contributed by atoms with Crippen LogP contribution in [-0.4, -0.2) is 30.0 Å². The first-order valence-corrected chi connectivity index (χ1v) is 9.03. The molecule has 27 heavy (non-hydrogen) atoms. The second kappa shape index (κ2) is 11.4. The van der Waals surface area contributed by atoms with Gasteiger partial charge in [0.2, 0.25) is 0 Å². The van der Waals surface area contributed by atoms with Crippen molar-refractivity contribution >= 4 is 59.0 Å². The molecule has 3 N–H and O–H groups in total. The molecular formula is C18H24Cl2IN5O. The van der Waals surface area contributed by atoms with Gasteiger partial charge in [0.1, 0.15) is 5.15 Å². The molecule has 0 radical (unpaired) electrons. The van der Waals surface area contributed by atoms with Gasteiger partial charge in [-0.05, 0) is 30.7 Å². The molecular weight excluding hydrogens is 500 g/mol. The van der Waals surface area contributed by atoms with E-state index in [-0.39, 0.29) is 29.9 Å². The topological polar surface area (TPSA) is 70.4 Å². The van der Waals surface area contributed by atoms with Gasteiger partial charge in [0.05, 0.1) is 11.6 Å². The molecule has 0 atom stereocenters. The summed E-state index contributed by atoms with van der Waals surface area (Å²) in [6.45, 7) is 3.64. The summed E-state index contributed by atoms with van der Waals surface area (Å²) in [4.78, 5) is 16.0. The van der Waals surface area contributed by atoms with Crippen LogP contribution in [0.5, 0.6) is 0 Å². The molecule has 0 unspecified atom stereocenters. The Hall–Kier alpha value is -1.45. The molecule has 148 valence electrons. The van der Waals surface area contributed by atoms with Crippen LogP contribution in [0, 0.1) is 0 Å². The Morgan fingerprint density at radius 3 is 2.26 bits per heavy atom. The highest BCUT2D eigenvalue weighted by Crippen LogP contribution is 2.24. The quantitative estimate of drug-likeness (QED) is 0.308. The molecule has 1 amide bonds. The maximum absolute atomic E-state index is 11.8. The average Bonchev–Trinajstić information content (AvgIpc) is 2.89. The summed E-state index contributed by atoms with van der Waals surface area (Å²) in [6.07, 6.45) is 0. The predicted octanol–water partition coefficient (Wildman–Crippen LogP) is 3.56. The monoisotopic (exact) mass is 523 g/mol. The Morgan fingerprint density at radius 2 is 1.74 bits per heavy atom. The minimum absolute atomic E-state index is 0. The third-order valence-electron chi connectivity index (χ3n) is 3.89. The van der Waals surface area contributed by atoms with E-state index in [1.807, 2.05) is 48.9 Å². The Bertz CT molecular complexity index is 790. The van der Waals surface area contributed by atoms with Crippen LogP contribution in [-0.2, 0) is 20.1 Å². The van der Waals surface area contributed by atoms with Crippen molar-refractivity contribution in [3.63, 3.8) is 0 Å². The first kappa shape index (κ1) is 23.6. The van der Waals surface area contributed by atoms with Crippen LogP contribution in [0.25, 0.3) is 0 Å². The highest BCUT2D eigenvalue weighted by atomic mass is 127. The van der Waals surface area contributed by atoms with E-state index in [1.165, 1.54) is 0 Å². The van der Waals surface area contributed by atoms with Crippen LogP contribution in [0.1, 0.15) is 28.5 Å². The molecule has 1 aromatic heterocycles. The summed E-state index contributed by atoms with van der Waals surface area (Å²) < 4.78 is 1.82. The number of carbonyl (C=O) groups is 1. The van der Waals surface area contributed by atoms with E-state index in [0.29, 0.717) is 41.3 Å². The molecule has 0 aliphatic rings. The number of amides is 1. The second-order valence-corrected chi connectivity index (χ2v) is 6.43. The van der Waals surface area contributed by atoms with E-state index in [4.69, 9.17) is 23.2 Å². The number of aliphatic imine (C=N–C) groups is 1. The molecule has 2 aromatic rings. The maximum atomic E-state index is 11.8. The van der Waals surface area contributed by atoms with Crippen LogP contribution in [0.15, 0.2) is 35.3 Å². The smallest absolute Gasteiger partial charge is 0.251 e. The molecule has 0 saturated carbocycles. The number of rotatable bonds is 6. The van der Waals surface area contributed by atoms with E-state index in [1.54, 1.807) is 7.05 Å². The van der Waals surface area contributed by atoms with Gasteiger partial charge >= 0.3 is 0 Å². The van der Waals surface area contributed by atoms with Crippen LogP contribution < -0.4 is 16.0 Å². The number of aromatic nitrogens is 1. The van der Waals surface area contributed by atoms with Gasteiger partial charge in [0, 0.05) is 38.4 Å². The lowest BCUT2D eigenvalue weighted by atomic mass is 10.1. The van der Waals surface area contributed by atoms with Crippen molar-refractivity contribution in [2.24, 2.45) is 12.0 Å². The summed E-state index contributed by atoms with van der Waals surface area (Å²) in [5.41, 5.74) is 2.65. The summed E-state index contributed by atoms with van der Waals surface area (Å²) in [6, 6.07) is 9.28. The molecule has 0 bridgehead atoms. The molecule has 0 fully saturated rings. The molecule has 2 rings (SSSR count). The molecule has 6 nitrogen and oxygen atoms in total. The summed E-state index contributed by atoms with van der Waals surface area (Å²) in [7, 11) is 3.57. The minimum atomic E-state index is -0.0654. The van der Waals surface area contributed by atoms with Crippen molar-refractivity contribution in [2.75, 3.05) is 13.6 Å². The lowest BCUT2D eigenvalue weighted by Gasteiger charge is -2.13. The summed E-state index contributed by atoms with van der Waals surface area (Å²) >= 11 is 12.1. The van der Waals surface area contributed by atoms with E-state index in [2.05, 4.69) is 20.9 Å². The largest absolute Gasteiger partial charge is 0.352 e. The van der Waals surface area contributed by atoms with E-state index in [0.717, 1.165) is 11.3 Å². The van der Waals surface area contributed by atoms with E-state index < -0.39 is 0 Å². The number of benzene rings is 1. The average molecular weight is 524 g/mol. The normalized spacial score (nSPS) is 10.9. The van der Waals surface area contributed by atoms with Crippen molar-refractivity contribution in [1.82, 2.24) is 20.5 Å². The van der Waals surface area contributed by atoms with Gasteiger partial charge in [-0.15, -0.1) is 24.0 Å². The van der Waals surface area contributed by atoms with Crippen molar-refractivity contribution in [2.45, 2.75) is 20.0 Å². The number of carbonyl (C=O) groups excluding carboxylic acids is 1. The molecule has 9 heteroatoms. The fourth-order valence-electron chi connectivity index (χ4n) is 2.38. The summed E-state index contributed by atoms with van der Waals surface area (Å²) in [5, 5.41) is 10.3. The lowest BCUT2D eigenvalue weighted by molar-refractivity contribution is 0.0956. The molecule has 1 aromatic carbocycles. The van der Waals surface area contributed by atoms with Crippen LogP contribution in [0.4, 0.5) is 0 Å². The molecule has 0 saturated heterocycles. The van der Waals surface area contributed by atoms with Crippen molar-refractivity contribution in [3.8, 4) is 0 Å². The zero-order chi connectivity index (χ0) is 19.1. The zero-order valence-electron chi connectivity index (χ0n) is 15.5. The third-order valence-corrected chi connectivity index (χ3v) is 4.73. The van der Waals surface area contributed by atoms with Crippen LogP contribution >= 0.6 is 47.2 Å². The molecule has 0 spiro atoms. The predicted molar refractivity (Wildman–Crippen MR) is 122 cm³/mol. The number of nitrogens with zero attached hydrogens (tertiary/aromatic N) is 2. The Balaban J connectivity index is 0.00000364. The number of halogens is 3. The van der Waals surface area contributed by atoms with Gasteiger partial charge in [0.25, 0.3) is 5.91 Å². The lowest BCUT2D eigenvalue weighted by Crippen LogP contribution is -2.36. The van der Waals surface area contributed by atoms with Gasteiger partial charge in [-0.3, -0.25) is 9.79 Å². The van der Waals surface area contributed by atoms with E-state index >= 15 is 0 Å².